The average Bonchev–Trinajstić information content (AvgIpc) is 3.28. The number of aromatic amines is 1. The van der Waals surface area contributed by atoms with E-state index in [2.05, 4.69) is 90.5 Å². The number of benzene rings is 2. The van der Waals surface area contributed by atoms with Crippen molar-refractivity contribution in [3.63, 3.8) is 0 Å². The second-order valence-corrected chi connectivity index (χ2v) is 8.14. The fourth-order valence-electron chi connectivity index (χ4n) is 4.80. The molecular weight excluding hydrogens is 356 g/mol. The lowest BCUT2D eigenvalue weighted by atomic mass is 9.90. The molecule has 1 aliphatic rings. The van der Waals surface area contributed by atoms with Gasteiger partial charge in [-0.2, -0.15) is 5.10 Å². The summed E-state index contributed by atoms with van der Waals surface area (Å²) in [5.41, 5.74) is 9.27. The monoisotopic (exact) mass is 384 g/mol. The molecular formula is C25H28N4. The maximum Gasteiger partial charge on any atom is 0.0762 e. The Balaban J connectivity index is 1.63. The Morgan fingerprint density at radius 1 is 1.07 bits per heavy atom. The zero-order valence-corrected chi connectivity index (χ0v) is 17.4. The second-order valence-electron chi connectivity index (χ2n) is 8.14. The SMILES string of the molecule is CCn1cc(CN2CCc3c([nH]c4ccccc34)C2c2ccccc2C)c(C)n1. The summed E-state index contributed by atoms with van der Waals surface area (Å²) in [5.74, 6) is 0. The van der Waals surface area contributed by atoms with Gasteiger partial charge >= 0.3 is 0 Å². The fraction of sp³-hybridized carbons (Fsp3) is 0.320. The van der Waals surface area contributed by atoms with Gasteiger partial charge in [-0.1, -0.05) is 42.5 Å². The topological polar surface area (TPSA) is 36.9 Å². The van der Waals surface area contributed by atoms with E-state index < -0.39 is 0 Å². The summed E-state index contributed by atoms with van der Waals surface area (Å²) >= 11 is 0. The van der Waals surface area contributed by atoms with Gasteiger partial charge in [0.2, 0.25) is 0 Å². The van der Waals surface area contributed by atoms with Gasteiger partial charge in [-0.15, -0.1) is 0 Å². The number of fused-ring (bicyclic) bond motifs is 3. The third kappa shape index (κ3) is 3.08. The molecule has 0 amide bonds. The molecule has 1 unspecified atom stereocenters. The van der Waals surface area contributed by atoms with Crippen molar-refractivity contribution in [3.8, 4) is 0 Å². The van der Waals surface area contributed by atoms with Gasteiger partial charge in [0, 0.05) is 48.0 Å². The molecule has 2 aromatic heterocycles. The quantitative estimate of drug-likeness (QED) is 0.528. The molecule has 0 radical (unpaired) electrons. The summed E-state index contributed by atoms with van der Waals surface area (Å²) in [6, 6.07) is 17.8. The van der Waals surface area contributed by atoms with E-state index in [4.69, 9.17) is 0 Å². The third-order valence-electron chi connectivity index (χ3n) is 6.36. The Morgan fingerprint density at radius 3 is 2.66 bits per heavy atom. The number of para-hydroxylation sites is 1. The lowest BCUT2D eigenvalue weighted by Crippen LogP contribution is -2.36. The van der Waals surface area contributed by atoms with Crippen LogP contribution in [0.3, 0.4) is 0 Å². The number of rotatable bonds is 4. The van der Waals surface area contributed by atoms with Crippen LogP contribution in [0.1, 0.15) is 46.6 Å². The van der Waals surface area contributed by atoms with Crippen LogP contribution in [0.2, 0.25) is 0 Å². The molecule has 5 rings (SSSR count). The van der Waals surface area contributed by atoms with E-state index in [0.29, 0.717) is 0 Å². The minimum absolute atomic E-state index is 0.233. The predicted molar refractivity (Wildman–Crippen MR) is 118 cm³/mol. The van der Waals surface area contributed by atoms with E-state index in [-0.39, 0.29) is 6.04 Å². The van der Waals surface area contributed by atoms with Crippen molar-refractivity contribution in [2.45, 2.75) is 46.3 Å². The third-order valence-corrected chi connectivity index (χ3v) is 6.36. The summed E-state index contributed by atoms with van der Waals surface area (Å²) < 4.78 is 2.05. The molecule has 4 aromatic rings. The number of H-pyrrole nitrogens is 1. The molecule has 0 fully saturated rings. The molecule has 1 N–H and O–H groups in total. The standard InChI is InChI=1S/C25H28N4/c1-4-29-16-19(18(3)27-29)15-28-14-13-22-21-11-7-8-12-23(21)26-24(22)25(28)20-10-6-5-9-17(20)2/h5-12,16,25-26H,4,13-15H2,1-3H3. The Bertz CT molecular complexity index is 1170. The first-order chi connectivity index (χ1) is 14.2. The van der Waals surface area contributed by atoms with Crippen molar-refractivity contribution < 1.29 is 0 Å². The highest BCUT2D eigenvalue weighted by Crippen LogP contribution is 2.40. The normalized spacial score (nSPS) is 17.0. The molecule has 0 saturated heterocycles. The van der Waals surface area contributed by atoms with Crippen LogP contribution in [0.4, 0.5) is 0 Å². The van der Waals surface area contributed by atoms with E-state index >= 15 is 0 Å². The van der Waals surface area contributed by atoms with Crippen molar-refractivity contribution >= 4 is 10.9 Å². The largest absolute Gasteiger partial charge is 0.357 e. The van der Waals surface area contributed by atoms with Crippen molar-refractivity contribution in [1.82, 2.24) is 19.7 Å². The average molecular weight is 385 g/mol. The van der Waals surface area contributed by atoms with Gasteiger partial charge in [0.25, 0.3) is 0 Å². The molecule has 2 aromatic carbocycles. The van der Waals surface area contributed by atoms with Crippen LogP contribution < -0.4 is 0 Å². The Kier molecular flexibility index (Phi) is 4.51. The van der Waals surface area contributed by atoms with Gasteiger partial charge in [-0.25, -0.2) is 0 Å². The molecule has 3 heterocycles. The molecule has 29 heavy (non-hydrogen) atoms. The van der Waals surface area contributed by atoms with Crippen LogP contribution in [0.5, 0.6) is 0 Å². The predicted octanol–water partition coefficient (Wildman–Crippen LogP) is 5.15. The number of hydrogen-bond acceptors (Lipinski definition) is 2. The molecule has 1 atom stereocenters. The number of nitrogens with one attached hydrogen (secondary N) is 1. The Hall–Kier alpha value is -2.85. The van der Waals surface area contributed by atoms with Crippen LogP contribution in [0.15, 0.2) is 54.7 Å². The van der Waals surface area contributed by atoms with E-state index in [1.807, 2.05) is 4.68 Å². The number of nitrogens with zero attached hydrogens (tertiary/aromatic N) is 3. The number of hydrogen-bond donors (Lipinski definition) is 1. The first kappa shape index (κ1) is 18.2. The fourth-order valence-corrected chi connectivity index (χ4v) is 4.80. The first-order valence-electron chi connectivity index (χ1n) is 10.6. The van der Waals surface area contributed by atoms with Crippen molar-refractivity contribution in [1.29, 1.82) is 0 Å². The summed E-state index contributed by atoms with van der Waals surface area (Å²) in [4.78, 5) is 6.39. The molecule has 0 saturated carbocycles. The van der Waals surface area contributed by atoms with E-state index in [1.165, 1.54) is 38.9 Å². The lowest BCUT2D eigenvalue weighted by Gasteiger charge is -2.37. The second kappa shape index (κ2) is 7.20. The smallest absolute Gasteiger partial charge is 0.0762 e. The zero-order valence-electron chi connectivity index (χ0n) is 17.4. The van der Waals surface area contributed by atoms with Gasteiger partial charge in [-0.05, 0) is 49.9 Å². The summed E-state index contributed by atoms with van der Waals surface area (Å²) in [6.07, 6.45) is 3.29. The molecule has 1 aliphatic heterocycles. The minimum atomic E-state index is 0.233. The van der Waals surface area contributed by atoms with Gasteiger partial charge in [0.05, 0.1) is 11.7 Å². The van der Waals surface area contributed by atoms with Gasteiger partial charge < -0.3 is 4.98 Å². The molecule has 148 valence electrons. The number of aromatic nitrogens is 3. The van der Waals surface area contributed by atoms with Crippen molar-refractivity contribution in [2.75, 3.05) is 6.54 Å². The highest BCUT2D eigenvalue weighted by atomic mass is 15.3. The van der Waals surface area contributed by atoms with Crippen LogP contribution in [0, 0.1) is 13.8 Å². The van der Waals surface area contributed by atoms with Gasteiger partial charge in [-0.3, -0.25) is 9.58 Å². The minimum Gasteiger partial charge on any atom is -0.357 e. The molecule has 4 heteroatoms. The highest BCUT2D eigenvalue weighted by Gasteiger charge is 2.32. The van der Waals surface area contributed by atoms with Gasteiger partial charge in [0.15, 0.2) is 0 Å². The maximum absolute atomic E-state index is 4.67. The molecule has 0 aliphatic carbocycles. The molecule has 0 bridgehead atoms. The van der Waals surface area contributed by atoms with E-state index in [1.54, 1.807) is 0 Å². The Labute approximate surface area is 172 Å². The maximum atomic E-state index is 4.67. The Morgan fingerprint density at radius 2 is 1.86 bits per heavy atom. The van der Waals surface area contributed by atoms with Crippen molar-refractivity contribution in [2.24, 2.45) is 0 Å². The molecule has 0 spiro atoms. The van der Waals surface area contributed by atoms with Crippen LogP contribution in [-0.4, -0.2) is 26.2 Å². The van der Waals surface area contributed by atoms with Crippen LogP contribution in [-0.2, 0) is 19.5 Å². The van der Waals surface area contributed by atoms with Crippen LogP contribution in [0.25, 0.3) is 10.9 Å². The van der Waals surface area contributed by atoms with Gasteiger partial charge in [0.1, 0.15) is 0 Å². The summed E-state index contributed by atoms with van der Waals surface area (Å²) in [6.45, 7) is 9.37. The van der Waals surface area contributed by atoms with E-state index in [9.17, 15) is 0 Å². The summed E-state index contributed by atoms with van der Waals surface area (Å²) in [7, 11) is 0. The highest BCUT2D eigenvalue weighted by molar-refractivity contribution is 5.85. The summed E-state index contributed by atoms with van der Waals surface area (Å²) in [5, 5.41) is 6.04. The van der Waals surface area contributed by atoms with E-state index in [0.717, 1.165) is 31.7 Å². The molecule has 4 nitrogen and oxygen atoms in total. The van der Waals surface area contributed by atoms with Crippen LogP contribution >= 0.6 is 0 Å². The lowest BCUT2D eigenvalue weighted by molar-refractivity contribution is 0.201. The van der Waals surface area contributed by atoms with Crippen molar-refractivity contribution in [3.05, 3.63) is 88.4 Å². The first-order valence-corrected chi connectivity index (χ1v) is 10.6. The number of aryl methyl sites for hydroxylation is 3. The zero-order chi connectivity index (χ0) is 20.0.